The lowest BCUT2D eigenvalue weighted by molar-refractivity contribution is 0.953. The van der Waals surface area contributed by atoms with Crippen LogP contribution in [-0.2, 0) is 0 Å². The third-order valence-corrected chi connectivity index (χ3v) is 13.8. The van der Waals surface area contributed by atoms with E-state index in [4.69, 9.17) is 15.0 Å². The van der Waals surface area contributed by atoms with Crippen LogP contribution in [0.4, 0.5) is 0 Å². The van der Waals surface area contributed by atoms with Crippen molar-refractivity contribution in [2.24, 2.45) is 0 Å². The van der Waals surface area contributed by atoms with Gasteiger partial charge in [-0.25, -0.2) is 4.98 Å². The quantitative estimate of drug-likeness (QED) is 0.167. The third-order valence-electron chi connectivity index (χ3n) is 12.6. The van der Waals surface area contributed by atoms with Gasteiger partial charge in [-0.3, -0.25) is 4.57 Å². The van der Waals surface area contributed by atoms with Crippen LogP contribution in [0, 0.1) is 11.3 Å². The smallest absolute Gasteiger partial charge is 0.238 e. The molecular formula is C58H34N6S. The van der Waals surface area contributed by atoms with E-state index < -0.39 is 0 Å². The molecule has 0 bridgehead atoms. The summed E-state index contributed by atoms with van der Waals surface area (Å²) in [5, 5.41) is 17.9. The molecule has 0 amide bonds. The van der Waals surface area contributed by atoms with Crippen LogP contribution in [0.3, 0.4) is 0 Å². The summed E-state index contributed by atoms with van der Waals surface area (Å²) in [6, 6.07) is 74.4. The fraction of sp³-hybridized carbons (Fsp3) is 0. The molecule has 0 atom stereocenters. The summed E-state index contributed by atoms with van der Waals surface area (Å²) in [6.07, 6.45) is 0. The van der Waals surface area contributed by atoms with E-state index in [2.05, 4.69) is 161 Å². The van der Waals surface area contributed by atoms with Gasteiger partial charge in [-0.2, -0.15) is 15.2 Å². The number of para-hydroxylation sites is 1. The first-order valence-corrected chi connectivity index (χ1v) is 22.4. The van der Waals surface area contributed by atoms with Crippen molar-refractivity contribution in [2.75, 3.05) is 0 Å². The van der Waals surface area contributed by atoms with Gasteiger partial charge < -0.3 is 4.57 Å². The van der Waals surface area contributed by atoms with Gasteiger partial charge in [0.25, 0.3) is 0 Å². The molecule has 0 saturated heterocycles. The van der Waals surface area contributed by atoms with Gasteiger partial charge in [-0.05, 0) is 89.0 Å². The average molecular weight is 847 g/mol. The molecule has 7 heteroatoms. The maximum absolute atomic E-state index is 11.0. The highest BCUT2D eigenvalue weighted by Gasteiger charge is 2.22. The van der Waals surface area contributed by atoms with Crippen LogP contribution >= 0.6 is 11.3 Å². The van der Waals surface area contributed by atoms with Crippen LogP contribution in [0.5, 0.6) is 0 Å². The molecule has 0 saturated carbocycles. The second kappa shape index (κ2) is 14.7. The van der Waals surface area contributed by atoms with Crippen molar-refractivity contribution < 1.29 is 0 Å². The normalized spacial score (nSPS) is 11.7. The van der Waals surface area contributed by atoms with E-state index >= 15 is 0 Å². The van der Waals surface area contributed by atoms with Gasteiger partial charge in [-0.1, -0.05) is 140 Å². The van der Waals surface area contributed by atoms with Crippen LogP contribution < -0.4 is 0 Å². The number of nitrogens with zero attached hydrogens (tertiary/aromatic N) is 6. The molecule has 0 radical (unpaired) electrons. The van der Waals surface area contributed by atoms with Crippen molar-refractivity contribution in [3.63, 3.8) is 0 Å². The topological polar surface area (TPSA) is 72.3 Å². The van der Waals surface area contributed by atoms with Crippen molar-refractivity contribution in [2.45, 2.75) is 0 Å². The Kier molecular flexibility index (Phi) is 8.35. The zero-order valence-corrected chi connectivity index (χ0v) is 35.5. The Hall–Kier alpha value is -8.70. The predicted molar refractivity (Wildman–Crippen MR) is 268 cm³/mol. The standard InChI is InChI=1S/C58H34N6S/c59-35-42-30-41(26-27-49(42)63-50-22-12-10-20-43(50)47-33-48-44-21-11-13-23-54(44)65-55(48)34-53(47)63)57-60-56(38-18-8-3-9-19-38)61-58(62-57)64-51-28-24-39(36-14-4-1-5-15-36)31-45(51)46-32-40(25-29-52(46)64)37-16-6-2-7-17-37/h1-34H. The first kappa shape index (κ1) is 36.9. The van der Waals surface area contributed by atoms with Crippen LogP contribution in [0.2, 0.25) is 0 Å². The Labute approximate surface area is 377 Å². The van der Waals surface area contributed by atoms with Crippen LogP contribution in [0.1, 0.15) is 5.56 Å². The number of hydrogen-bond donors (Lipinski definition) is 0. The largest absolute Gasteiger partial charge is 0.308 e. The lowest BCUT2D eigenvalue weighted by atomic mass is 10.0. The fourth-order valence-electron chi connectivity index (χ4n) is 9.58. The van der Waals surface area contributed by atoms with E-state index in [1.807, 2.05) is 60.7 Å². The monoisotopic (exact) mass is 846 g/mol. The van der Waals surface area contributed by atoms with Crippen molar-refractivity contribution in [1.82, 2.24) is 24.1 Å². The summed E-state index contributed by atoms with van der Waals surface area (Å²) in [5.74, 6) is 1.51. The number of nitriles is 1. The summed E-state index contributed by atoms with van der Waals surface area (Å²) < 4.78 is 6.85. The van der Waals surface area contributed by atoms with Crippen molar-refractivity contribution in [1.29, 1.82) is 5.26 Å². The number of benzene rings is 9. The van der Waals surface area contributed by atoms with Crippen LogP contribution in [-0.4, -0.2) is 24.1 Å². The molecule has 13 aromatic rings. The Morgan fingerprint density at radius 1 is 0.354 bits per heavy atom. The van der Waals surface area contributed by atoms with Crippen molar-refractivity contribution in [3.8, 4) is 62.7 Å². The number of thiophene rings is 1. The second-order valence-corrected chi connectivity index (χ2v) is 17.4. The minimum atomic E-state index is 0.475. The van der Waals surface area contributed by atoms with E-state index in [1.54, 1.807) is 11.3 Å². The van der Waals surface area contributed by atoms with E-state index in [-0.39, 0.29) is 0 Å². The molecule has 4 heterocycles. The van der Waals surface area contributed by atoms with Gasteiger partial charge in [0.15, 0.2) is 11.6 Å². The summed E-state index contributed by atoms with van der Waals surface area (Å²) in [6.45, 7) is 0. The molecule has 0 spiro atoms. The number of fused-ring (bicyclic) bond motifs is 9. The highest BCUT2D eigenvalue weighted by atomic mass is 32.1. The van der Waals surface area contributed by atoms with Crippen LogP contribution in [0.25, 0.3) is 120 Å². The molecule has 0 aliphatic rings. The third kappa shape index (κ3) is 5.96. The Bertz CT molecular complexity index is 3970. The number of aromatic nitrogens is 5. The molecule has 0 unspecified atom stereocenters. The Morgan fingerprint density at radius 2 is 0.892 bits per heavy atom. The average Bonchev–Trinajstić information content (AvgIpc) is 4.02. The maximum Gasteiger partial charge on any atom is 0.238 e. The zero-order valence-electron chi connectivity index (χ0n) is 34.7. The van der Waals surface area contributed by atoms with Gasteiger partial charge in [0, 0.05) is 52.8 Å². The minimum absolute atomic E-state index is 0.475. The van der Waals surface area contributed by atoms with Gasteiger partial charge in [0.1, 0.15) is 6.07 Å². The molecular weight excluding hydrogens is 813 g/mol. The first-order valence-electron chi connectivity index (χ1n) is 21.6. The van der Waals surface area contributed by atoms with E-state index in [9.17, 15) is 5.26 Å². The van der Waals surface area contributed by atoms with Gasteiger partial charge in [-0.15, -0.1) is 11.3 Å². The summed E-state index contributed by atoms with van der Waals surface area (Å²) >= 11 is 1.80. The molecule has 65 heavy (non-hydrogen) atoms. The van der Waals surface area contributed by atoms with Crippen molar-refractivity contribution >= 4 is 75.1 Å². The van der Waals surface area contributed by atoms with Gasteiger partial charge >= 0.3 is 0 Å². The molecule has 0 N–H and O–H groups in total. The van der Waals surface area contributed by atoms with Gasteiger partial charge in [0.05, 0.1) is 33.3 Å². The molecule has 13 rings (SSSR count). The van der Waals surface area contributed by atoms with Crippen LogP contribution in [0.15, 0.2) is 206 Å². The Morgan fingerprint density at radius 3 is 1.55 bits per heavy atom. The number of rotatable bonds is 6. The zero-order chi connectivity index (χ0) is 43.0. The predicted octanol–water partition coefficient (Wildman–Crippen LogP) is 15.0. The van der Waals surface area contributed by atoms with E-state index in [1.165, 1.54) is 20.2 Å². The molecule has 6 nitrogen and oxygen atoms in total. The fourth-order valence-corrected chi connectivity index (χ4v) is 10.7. The van der Waals surface area contributed by atoms with Crippen molar-refractivity contribution in [3.05, 3.63) is 212 Å². The summed E-state index contributed by atoms with van der Waals surface area (Å²) in [7, 11) is 0. The molecule has 9 aromatic carbocycles. The number of hydrogen-bond acceptors (Lipinski definition) is 5. The van der Waals surface area contributed by atoms with E-state index in [0.29, 0.717) is 23.2 Å². The molecule has 302 valence electrons. The lowest BCUT2D eigenvalue weighted by Crippen LogP contribution is -2.07. The highest BCUT2D eigenvalue weighted by molar-refractivity contribution is 7.25. The Balaban J connectivity index is 1.02. The minimum Gasteiger partial charge on any atom is -0.308 e. The molecule has 0 aliphatic carbocycles. The molecule has 0 aliphatic heterocycles. The lowest BCUT2D eigenvalue weighted by Gasteiger charge is -2.13. The SMILES string of the molecule is N#Cc1cc(-c2nc(-c3ccccc3)nc(-n3c4ccc(-c5ccccc5)cc4c4cc(-c5ccccc5)ccc43)n2)ccc1-n1c2ccccc2c2cc3c(cc21)sc1ccccc13. The molecule has 4 aromatic heterocycles. The summed E-state index contributed by atoms with van der Waals surface area (Å²) in [5.41, 5.74) is 11.5. The highest BCUT2D eigenvalue weighted by Crippen LogP contribution is 2.42. The second-order valence-electron chi connectivity index (χ2n) is 16.3. The van der Waals surface area contributed by atoms with E-state index in [0.717, 1.165) is 82.7 Å². The summed E-state index contributed by atoms with van der Waals surface area (Å²) in [4.78, 5) is 15.6. The maximum atomic E-state index is 11.0. The van der Waals surface area contributed by atoms with Gasteiger partial charge in [0.2, 0.25) is 5.95 Å². The molecule has 0 fully saturated rings. The first-order chi connectivity index (χ1) is 32.2.